The predicted molar refractivity (Wildman–Crippen MR) is 102 cm³/mol. The van der Waals surface area contributed by atoms with E-state index in [1.54, 1.807) is 26.4 Å². The van der Waals surface area contributed by atoms with Crippen LogP contribution in [0.4, 0.5) is 0 Å². The van der Waals surface area contributed by atoms with Crippen LogP contribution in [0.5, 0.6) is 11.5 Å². The lowest BCUT2D eigenvalue weighted by Crippen LogP contribution is -2.36. The molecule has 1 saturated heterocycles. The van der Waals surface area contributed by atoms with Crippen LogP contribution in [0.1, 0.15) is 34.8 Å². The molecule has 1 N–H and O–H groups in total. The average Bonchev–Trinajstić information content (AvgIpc) is 3.23. The number of ether oxygens (including phenoxy) is 2. The first-order chi connectivity index (χ1) is 12.7. The zero-order chi connectivity index (χ0) is 18.4. The summed E-state index contributed by atoms with van der Waals surface area (Å²) in [6.45, 7) is 2.67. The minimum absolute atomic E-state index is 0.111. The molecule has 0 radical (unpaired) electrons. The van der Waals surface area contributed by atoms with Gasteiger partial charge in [0, 0.05) is 6.54 Å². The monoisotopic (exact) mass is 354 g/mol. The molecule has 1 aliphatic rings. The number of benzene rings is 2. The number of hydrogen-bond donors (Lipinski definition) is 1. The number of methoxy groups -OCH3 is 2. The molecule has 26 heavy (non-hydrogen) atoms. The number of amides is 1. The maximum absolute atomic E-state index is 12.6. The quantitative estimate of drug-likeness (QED) is 0.829. The summed E-state index contributed by atoms with van der Waals surface area (Å²) in [5.41, 5.74) is 1.75. The van der Waals surface area contributed by atoms with Crippen molar-refractivity contribution in [2.75, 3.05) is 33.9 Å². The lowest BCUT2D eigenvalue weighted by atomic mass is 10.0. The first-order valence-corrected chi connectivity index (χ1v) is 9.02. The Kier molecular flexibility index (Phi) is 6.12. The molecule has 1 heterocycles. The number of para-hydroxylation sites is 1. The Hall–Kier alpha value is -2.53. The Bertz CT molecular complexity index is 724. The first kappa shape index (κ1) is 18.3. The number of carbonyl (C=O) groups excluding carboxylic acids is 1. The third-order valence-electron chi connectivity index (χ3n) is 4.89. The Labute approximate surface area is 154 Å². The second-order valence-corrected chi connectivity index (χ2v) is 6.44. The van der Waals surface area contributed by atoms with Crippen molar-refractivity contribution in [3.8, 4) is 11.5 Å². The van der Waals surface area contributed by atoms with Crippen molar-refractivity contribution in [1.82, 2.24) is 10.2 Å². The largest absolute Gasteiger partial charge is 0.497 e. The van der Waals surface area contributed by atoms with Crippen LogP contribution >= 0.6 is 0 Å². The highest BCUT2D eigenvalue weighted by molar-refractivity contribution is 5.96. The van der Waals surface area contributed by atoms with E-state index in [4.69, 9.17) is 9.47 Å². The van der Waals surface area contributed by atoms with Crippen LogP contribution in [0, 0.1) is 0 Å². The number of nitrogens with zero attached hydrogens (tertiary/aromatic N) is 1. The summed E-state index contributed by atoms with van der Waals surface area (Å²) in [5.74, 6) is 1.32. The van der Waals surface area contributed by atoms with E-state index in [9.17, 15) is 4.79 Å². The van der Waals surface area contributed by atoms with Crippen molar-refractivity contribution in [2.45, 2.75) is 18.9 Å². The molecule has 0 saturated carbocycles. The van der Waals surface area contributed by atoms with Crippen molar-refractivity contribution in [3.05, 3.63) is 59.7 Å². The van der Waals surface area contributed by atoms with E-state index >= 15 is 0 Å². The molecule has 0 aliphatic carbocycles. The minimum Gasteiger partial charge on any atom is -0.497 e. The molecular formula is C21H26N2O3. The van der Waals surface area contributed by atoms with Gasteiger partial charge in [-0.15, -0.1) is 0 Å². The lowest BCUT2D eigenvalue weighted by Gasteiger charge is -2.28. The fourth-order valence-electron chi connectivity index (χ4n) is 3.45. The van der Waals surface area contributed by atoms with E-state index in [1.165, 1.54) is 18.4 Å². The number of likely N-dealkylation sites (tertiary alicyclic amines) is 1. The van der Waals surface area contributed by atoms with Gasteiger partial charge in [-0.2, -0.15) is 0 Å². The third kappa shape index (κ3) is 4.17. The van der Waals surface area contributed by atoms with Gasteiger partial charge in [-0.05, 0) is 55.8 Å². The molecule has 0 aromatic heterocycles. The highest BCUT2D eigenvalue weighted by Gasteiger charge is 2.24. The Morgan fingerprint density at radius 3 is 2.38 bits per heavy atom. The molecule has 1 amide bonds. The minimum atomic E-state index is -0.111. The highest BCUT2D eigenvalue weighted by atomic mass is 16.5. The van der Waals surface area contributed by atoms with E-state index in [1.807, 2.05) is 24.3 Å². The summed E-state index contributed by atoms with van der Waals surface area (Å²) in [6.07, 6.45) is 2.40. The van der Waals surface area contributed by atoms with Gasteiger partial charge in [0.2, 0.25) is 0 Å². The molecular weight excluding hydrogens is 328 g/mol. The van der Waals surface area contributed by atoms with Crippen LogP contribution in [0.2, 0.25) is 0 Å². The van der Waals surface area contributed by atoms with Crippen molar-refractivity contribution in [1.29, 1.82) is 0 Å². The number of carbonyl (C=O) groups is 1. The fourth-order valence-corrected chi connectivity index (χ4v) is 3.45. The van der Waals surface area contributed by atoms with E-state index in [0.29, 0.717) is 17.9 Å². The van der Waals surface area contributed by atoms with Gasteiger partial charge in [0.05, 0.1) is 25.8 Å². The van der Waals surface area contributed by atoms with Crippen LogP contribution in [0.3, 0.4) is 0 Å². The van der Waals surface area contributed by atoms with E-state index in [2.05, 4.69) is 22.3 Å². The van der Waals surface area contributed by atoms with Gasteiger partial charge < -0.3 is 14.8 Å². The molecule has 5 heteroatoms. The zero-order valence-electron chi connectivity index (χ0n) is 15.4. The third-order valence-corrected chi connectivity index (χ3v) is 4.89. The SMILES string of the molecule is COc1ccc([C@H](CNC(=O)c2ccccc2OC)N2CCCC2)cc1. The molecule has 0 spiro atoms. The van der Waals surface area contributed by atoms with E-state index in [-0.39, 0.29) is 11.9 Å². The average molecular weight is 354 g/mol. The van der Waals surface area contributed by atoms with Gasteiger partial charge in [-0.25, -0.2) is 0 Å². The van der Waals surface area contributed by atoms with Crippen molar-refractivity contribution in [3.63, 3.8) is 0 Å². The zero-order valence-corrected chi connectivity index (χ0v) is 15.4. The van der Waals surface area contributed by atoms with Crippen LogP contribution in [-0.4, -0.2) is 44.7 Å². The number of rotatable bonds is 7. The molecule has 1 aliphatic heterocycles. The highest BCUT2D eigenvalue weighted by Crippen LogP contribution is 2.26. The topological polar surface area (TPSA) is 50.8 Å². The van der Waals surface area contributed by atoms with Crippen molar-refractivity contribution >= 4 is 5.91 Å². The molecule has 2 aromatic carbocycles. The summed E-state index contributed by atoms with van der Waals surface area (Å²) in [5, 5.41) is 3.09. The number of nitrogens with one attached hydrogen (secondary N) is 1. The summed E-state index contributed by atoms with van der Waals surface area (Å²) in [6, 6.07) is 15.6. The second kappa shape index (κ2) is 8.72. The summed E-state index contributed by atoms with van der Waals surface area (Å²) in [7, 11) is 3.25. The Morgan fingerprint density at radius 2 is 1.73 bits per heavy atom. The van der Waals surface area contributed by atoms with Gasteiger partial charge in [0.25, 0.3) is 5.91 Å². The summed E-state index contributed by atoms with van der Waals surface area (Å²) in [4.78, 5) is 15.1. The van der Waals surface area contributed by atoms with Gasteiger partial charge in [-0.3, -0.25) is 9.69 Å². The van der Waals surface area contributed by atoms with Crippen LogP contribution < -0.4 is 14.8 Å². The first-order valence-electron chi connectivity index (χ1n) is 9.02. The maximum atomic E-state index is 12.6. The molecule has 2 aromatic rings. The smallest absolute Gasteiger partial charge is 0.255 e. The molecule has 138 valence electrons. The van der Waals surface area contributed by atoms with E-state index in [0.717, 1.165) is 18.8 Å². The van der Waals surface area contributed by atoms with E-state index < -0.39 is 0 Å². The fraction of sp³-hybridized carbons (Fsp3) is 0.381. The molecule has 5 nitrogen and oxygen atoms in total. The van der Waals surface area contributed by atoms with Gasteiger partial charge in [0.1, 0.15) is 11.5 Å². The van der Waals surface area contributed by atoms with Crippen molar-refractivity contribution in [2.24, 2.45) is 0 Å². The van der Waals surface area contributed by atoms with Crippen LogP contribution in [0.25, 0.3) is 0 Å². The van der Waals surface area contributed by atoms with Crippen LogP contribution in [0.15, 0.2) is 48.5 Å². The maximum Gasteiger partial charge on any atom is 0.255 e. The lowest BCUT2D eigenvalue weighted by molar-refractivity contribution is 0.0935. The van der Waals surface area contributed by atoms with Crippen molar-refractivity contribution < 1.29 is 14.3 Å². The molecule has 3 rings (SSSR count). The second-order valence-electron chi connectivity index (χ2n) is 6.44. The number of hydrogen-bond acceptors (Lipinski definition) is 4. The molecule has 1 atom stereocenters. The normalized spacial score (nSPS) is 15.5. The Balaban J connectivity index is 1.74. The molecule has 0 bridgehead atoms. The molecule has 1 fully saturated rings. The van der Waals surface area contributed by atoms with Gasteiger partial charge >= 0.3 is 0 Å². The van der Waals surface area contributed by atoms with Crippen LogP contribution in [-0.2, 0) is 0 Å². The predicted octanol–water partition coefficient (Wildman–Crippen LogP) is 3.27. The molecule has 0 unspecified atom stereocenters. The summed E-state index contributed by atoms with van der Waals surface area (Å²) < 4.78 is 10.6. The van der Waals surface area contributed by atoms with Gasteiger partial charge in [-0.1, -0.05) is 24.3 Å². The summed E-state index contributed by atoms with van der Waals surface area (Å²) >= 11 is 0. The van der Waals surface area contributed by atoms with Gasteiger partial charge in [0.15, 0.2) is 0 Å². The Morgan fingerprint density at radius 1 is 1.04 bits per heavy atom. The standard InChI is InChI=1S/C21H26N2O3/c1-25-17-11-9-16(10-12-17)19(23-13-5-6-14-23)15-22-21(24)18-7-3-4-8-20(18)26-2/h3-4,7-12,19H,5-6,13-15H2,1-2H3,(H,22,24)/t19-/m0/s1.